The Morgan fingerprint density at radius 3 is 2.76 bits per heavy atom. The maximum Gasteiger partial charge on any atom is 0.124 e. The van der Waals surface area contributed by atoms with Crippen LogP contribution in [0.25, 0.3) is 10.9 Å². The molecule has 1 atom stereocenters. The smallest absolute Gasteiger partial charge is 0.124 e. The van der Waals surface area contributed by atoms with Crippen molar-refractivity contribution in [3.05, 3.63) is 63.8 Å². The van der Waals surface area contributed by atoms with E-state index in [9.17, 15) is 0 Å². The van der Waals surface area contributed by atoms with Crippen molar-refractivity contribution >= 4 is 10.9 Å². The molecule has 0 aliphatic carbocycles. The van der Waals surface area contributed by atoms with Gasteiger partial charge in [0.05, 0.1) is 13.2 Å². The molecule has 0 fully saturated rings. The van der Waals surface area contributed by atoms with E-state index in [2.05, 4.69) is 61.4 Å². The Balaban J connectivity index is 1.92. The second-order valence-electron chi connectivity index (χ2n) is 7.09. The van der Waals surface area contributed by atoms with E-state index >= 15 is 0 Å². The van der Waals surface area contributed by atoms with Gasteiger partial charge in [-0.05, 0) is 61.1 Å². The van der Waals surface area contributed by atoms with Crippen molar-refractivity contribution in [2.75, 3.05) is 13.7 Å². The van der Waals surface area contributed by atoms with Crippen LogP contribution in [0.3, 0.4) is 0 Å². The van der Waals surface area contributed by atoms with Crippen LogP contribution in [0.15, 0.2) is 30.3 Å². The average Bonchev–Trinajstić information content (AvgIpc) is 2.99. The Hall–Kier alpha value is -2.26. The first kappa shape index (κ1) is 16.2. The van der Waals surface area contributed by atoms with E-state index in [0.29, 0.717) is 0 Å². The maximum absolute atomic E-state index is 5.68. The first-order chi connectivity index (χ1) is 12.1. The van der Waals surface area contributed by atoms with Crippen LogP contribution in [-0.2, 0) is 12.8 Å². The first-order valence-electron chi connectivity index (χ1n) is 9.14. The topological polar surface area (TPSA) is 37.0 Å². The zero-order valence-corrected chi connectivity index (χ0v) is 15.5. The highest BCUT2D eigenvalue weighted by molar-refractivity contribution is 5.89. The predicted octanol–water partition coefficient (Wildman–Crippen LogP) is 4.59. The summed E-state index contributed by atoms with van der Waals surface area (Å²) in [4.78, 5) is 3.72. The van der Waals surface area contributed by atoms with E-state index in [-0.39, 0.29) is 6.04 Å². The molecule has 1 unspecified atom stereocenters. The summed E-state index contributed by atoms with van der Waals surface area (Å²) >= 11 is 0. The molecule has 0 radical (unpaired) electrons. The van der Waals surface area contributed by atoms with Gasteiger partial charge in [0.15, 0.2) is 0 Å². The van der Waals surface area contributed by atoms with E-state index in [1.165, 1.54) is 44.4 Å². The van der Waals surface area contributed by atoms with E-state index < -0.39 is 0 Å². The van der Waals surface area contributed by atoms with Crippen molar-refractivity contribution in [1.82, 2.24) is 10.3 Å². The summed E-state index contributed by atoms with van der Waals surface area (Å²) in [7, 11) is 1.76. The van der Waals surface area contributed by atoms with Crippen LogP contribution < -0.4 is 10.1 Å². The van der Waals surface area contributed by atoms with Crippen LogP contribution >= 0.6 is 0 Å². The summed E-state index contributed by atoms with van der Waals surface area (Å²) in [5.74, 6) is 0.953. The quantitative estimate of drug-likeness (QED) is 0.735. The summed E-state index contributed by atoms with van der Waals surface area (Å²) in [5, 5.41) is 5.10. The Kier molecular flexibility index (Phi) is 4.04. The van der Waals surface area contributed by atoms with Crippen LogP contribution in [0, 0.1) is 13.8 Å². The van der Waals surface area contributed by atoms with Crippen LogP contribution in [0.2, 0.25) is 0 Å². The molecule has 2 aromatic carbocycles. The largest absolute Gasteiger partial charge is 0.496 e. The molecular formula is C22H26N2O. The van der Waals surface area contributed by atoms with Gasteiger partial charge in [-0.15, -0.1) is 0 Å². The Morgan fingerprint density at radius 1 is 1.16 bits per heavy atom. The van der Waals surface area contributed by atoms with Gasteiger partial charge in [0, 0.05) is 28.7 Å². The highest BCUT2D eigenvalue weighted by Gasteiger charge is 2.28. The van der Waals surface area contributed by atoms with E-state index in [1.807, 2.05) is 0 Å². The molecule has 25 heavy (non-hydrogen) atoms. The molecule has 0 saturated carbocycles. The molecule has 3 aromatic rings. The van der Waals surface area contributed by atoms with Crippen molar-refractivity contribution in [1.29, 1.82) is 0 Å². The molecule has 2 heterocycles. The molecule has 1 aliphatic heterocycles. The molecule has 0 amide bonds. The highest BCUT2D eigenvalue weighted by atomic mass is 16.5. The minimum atomic E-state index is 0.150. The normalized spacial score (nSPS) is 16.9. The summed E-state index contributed by atoms with van der Waals surface area (Å²) in [6.07, 6.45) is 2.09. The van der Waals surface area contributed by atoms with Crippen LogP contribution in [0.4, 0.5) is 0 Å². The summed E-state index contributed by atoms with van der Waals surface area (Å²) in [6.45, 7) is 7.56. The van der Waals surface area contributed by atoms with Gasteiger partial charge in [0.25, 0.3) is 0 Å². The zero-order valence-electron chi connectivity index (χ0n) is 15.5. The number of H-pyrrole nitrogens is 1. The van der Waals surface area contributed by atoms with Crippen molar-refractivity contribution < 1.29 is 4.74 Å². The monoisotopic (exact) mass is 334 g/mol. The molecule has 2 N–H and O–H groups in total. The summed E-state index contributed by atoms with van der Waals surface area (Å²) in [5.41, 5.74) is 9.24. The average molecular weight is 334 g/mol. The lowest BCUT2D eigenvalue weighted by molar-refractivity contribution is 0.401. The van der Waals surface area contributed by atoms with Gasteiger partial charge in [0.2, 0.25) is 0 Å². The minimum absolute atomic E-state index is 0.150. The molecule has 3 nitrogen and oxygen atoms in total. The molecule has 4 rings (SSSR count). The van der Waals surface area contributed by atoms with Crippen molar-refractivity contribution in [2.45, 2.75) is 39.7 Å². The number of aromatic amines is 1. The number of benzene rings is 2. The lowest BCUT2D eigenvalue weighted by Gasteiger charge is -2.26. The van der Waals surface area contributed by atoms with Gasteiger partial charge >= 0.3 is 0 Å². The molecule has 1 aliphatic rings. The molecule has 130 valence electrons. The van der Waals surface area contributed by atoms with Crippen molar-refractivity contribution in [2.24, 2.45) is 0 Å². The standard InChI is InChI=1S/C22H26N2O/c1-5-15-6-7-19(25-4)17(12-15)21-22-16(8-9-23-21)20-14(3)10-13(2)11-18(20)24-22/h6-7,10-12,21,23-24H,5,8-9H2,1-4H3. The molecule has 0 saturated heterocycles. The lowest BCUT2D eigenvalue weighted by Crippen LogP contribution is -2.30. The molecule has 0 spiro atoms. The van der Waals surface area contributed by atoms with Gasteiger partial charge in [-0.2, -0.15) is 0 Å². The van der Waals surface area contributed by atoms with Crippen molar-refractivity contribution in [3.63, 3.8) is 0 Å². The Bertz CT molecular complexity index is 939. The number of hydrogen-bond donors (Lipinski definition) is 2. The number of aryl methyl sites for hydroxylation is 3. The lowest BCUT2D eigenvalue weighted by atomic mass is 9.91. The van der Waals surface area contributed by atoms with Gasteiger partial charge < -0.3 is 15.0 Å². The zero-order chi connectivity index (χ0) is 17.6. The number of methoxy groups -OCH3 is 1. The number of hydrogen-bond acceptors (Lipinski definition) is 2. The van der Waals surface area contributed by atoms with E-state index in [0.717, 1.165) is 25.1 Å². The van der Waals surface area contributed by atoms with Crippen LogP contribution in [0.5, 0.6) is 5.75 Å². The van der Waals surface area contributed by atoms with Crippen LogP contribution in [0.1, 0.15) is 46.5 Å². The third-order valence-electron chi connectivity index (χ3n) is 5.40. The number of ether oxygens (including phenoxy) is 1. The molecular weight excluding hydrogens is 308 g/mol. The molecule has 3 heteroatoms. The summed E-state index contributed by atoms with van der Waals surface area (Å²) in [6, 6.07) is 11.2. The number of nitrogens with one attached hydrogen (secondary N) is 2. The van der Waals surface area contributed by atoms with E-state index in [1.54, 1.807) is 7.11 Å². The predicted molar refractivity (Wildman–Crippen MR) is 104 cm³/mol. The van der Waals surface area contributed by atoms with Crippen molar-refractivity contribution in [3.8, 4) is 5.75 Å². The highest BCUT2D eigenvalue weighted by Crippen LogP contribution is 2.38. The molecule has 1 aromatic heterocycles. The fraction of sp³-hybridized carbons (Fsp3) is 0.364. The van der Waals surface area contributed by atoms with Gasteiger partial charge in [-0.3, -0.25) is 0 Å². The van der Waals surface area contributed by atoms with Gasteiger partial charge in [0.1, 0.15) is 5.75 Å². The summed E-state index contributed by atoms with van der Waals surface area (Å²) < 4.78 is 5.68. The van der Waals surface area contributed by atoms with Gasteiger partial charge in [-0.25, -0.2) is 0 Å². The Morgan fingerprint density at radius 2 is 2.00 bits per heavy atom. The maximum atomic E-state index is 5.68. The third kappa shape index (κ3) is 2.63. The minimum Gasteiger partial charge on any atom is -0.496 e. The second kappa shape index (κ2) is 6.23. The fourth-order valence-electron chi connectivity index (χ4n) is 4.27. The number of aromatic nitrogens is 1. The second-order valence-corrected chi connectivity index (χ2v) is 7.09. The number of fused-ring (bicyclic) bond motifs is 3. The number of rotatable bonds is 3. The van der Waals surface area contributed by atoms with E-state index in [4.69, 9.17) is 4.74 Å². The SMILES string of the molecule is CCc1ccc(OC)c(C2NCCc3c2[nH]c2cc(C)cc(C)c32)c1. The third-order valence-corrected chi connectivity index (χ3v) is 5.40. The van der Waals surface area contributed by atoms with Crippen LogP contribution in [-0.4, -0.2) is 18.6 Å². The van der Waals surface area contributed by atoms with Gasteiger partial charge in [-0.1, -0.05) is 25.1 Å². The fourth-order valence-corrected chi connectivity index (χ4v) is 4.27. The Labute approximate surface area is 149 Å². The first-order valence-corrected chi connectivity index (χ1v) is 9.14. The molecule has 0 bridgehead atoms.